The van der Waals surface area contributed by atoms with Crippen LogP contribution in [0.5, 0.6) is 11.5 Å². The van der Waals surface area contributed by atoms with Gasteiger partial charge in [-0.05, 0) is 48.7 Å². The number of likely N-dealkylation sites (tertiary alicyclic amines) is 1. The summed E-state index contributed by atoms with van der Waals surface area (Å²) in [4.78, 5) is 7.16. The lowest BCUT2D eigenvalue weighted by Crippen LogP contribution is -2.38. The number of fused-ring (bicyclic) bond motifs is 1. The van der Waals surface area contributed by atoms with Gasteiger partial charge < -0.3 is 14.8 Å². The normalized spacial score (nSPS) is 15.7. The van der Waals surface area contributed by atoms with Gasteiger partial charge in [-0.2, -0.15) is 0 Å². The number of benzene rings is 2. The van der Waals surface area contributed by atoms with E-state index in [1.165, 1.54) is 5.56 Å². The van der Waals surface area contributed by atoms with Crippen molar-refractivity contribution in [3.63, 3.8) is 0 Å². The minimum absolute atomic E-state index is 0.456. The van der Waals surface area contributed by atoms with Gasteiger partial charge in [-0.3, -0.25) is 4.90 Å². The molecule has 0 radical (unpaired) electrons. The van der Waals surface area contributed by atoms with Crippen molar-refractivity contribution >= 4 is 38.3 Å². The van der Waals surface area contributed by atoms with E-state index in [0.29, 0.717) is 6.04 Å². The van der Waals surface area contributed by atoms with Crippen LogP contribution in [-0.4, -0.2) is 43.2 Å². The highest BCUT2D eigenvalue weighted by Gasteiger charge is 2.20. The molecule has 0 saturated carbocycles. The maximum Gasteiger partial charge on any atom is 0.184 e. The molecule has 0 unspecified atom stereocenters. The van der Waals surface area contributed by atoms with Gasteiger partial charge in [0, 0.05) is 30.7 Å². The van der Waals surface area contributed by atoms with E-state index in [2.05, 4.69) is 27.3 Å². The van der Waals surface area contributed by atoms with E-state index < -0.39 is 0 Å². The number of halogens is 1. The second-order valence-corrected chi connectivity index (χ2v) is 8.48. The molecule has 28 heavy (non-hydrogen) atoms. The van der Waals surface area contributed by atoms with E-state index in [4.69, 9.17) is 21.1 Å². The fourth-order valence-corrected chi connectivity index (χ4v) is 4.83. The van der Waals surface area contributed by atoms with Crippen LogP contribution in [0.25, 0.3) is 10.2 Å². The summed E-state index contributed by atoms with van der Waals surface area (Å²) in [7, 11) is 3.34. The number of hydrogen-bond donors (Lipinski definition) is 1. The molecule has 1 aliphatic rings. The van der Waals surface area contributed by atoms with Gasteiger partial charge >= 0.3 is 0 Å². The number of nitrogens with one attached hydrogen (secondary N) is 1. The molecule has 148 valence electrons. The topological polar surface area (TPSA) is 46.6 Å². The average molecular weight is 418 g/mol. The van der Waals surface area contributed by atoms with Crippen molar-refractivity contribution in [2.24, 2.45) is 0 Å². The number of nitrogens with zero attached hydrogens (tertiary/aromatic N) is 2. The molecule has 1 fully saturated rings. The highest BCUT2D eigenvalue weighted by atomic mass is 35.5. The Kier molecular flexibility index (Phi) is 5.90. The average Bonchev–Trinajstić information content (AvgIpc) is 3.10. The maximum atomic E-state index is 6.08. The SMILES string of the molecule is COc1ccc(CN2CCC(Nc3nc4ccc(Cl)cc4s3)CC2)cc1OC. The van der Waals surface area contributed by atoms with Crippen molar-refractivity contribution in [3.8, 4) is 11.5 Å². The van der Waals surface area contributed by atoms with Gasteiger partial charge in [-0.15, -0.1) is 0 Å². The predicted molar refractivity (Wildman–Crippen MR) is 116 cm³/mol. The van der Waals surface area contributed by atoms with Crippen LogP contribution < -0.4 is 14.8 Å². The molecule has 2 heterocycles. The minimum Gasteiger partial charge on any atom is -0.493 e. The third-order valence-corrected chi connectivity index (χ3v) is 6.30. The zero-order chi connectivity index (χ0) is 19.5. The summed E-state index contributed by atoms with van der Waals surface area (Å²) in [5.41, 5.74) is 2.25. The van der Waals surface area contributed by atoms with Gasteiger partial charge in [0.2, 0.25) is 0 Å². The summed E-state index contributed by atoms with van der Waals surface area (Å²) in [6, 6.07) is 12.4. The minimum atomic E-state index is 0.456. The van der Waals surface area contributed by atoms with Crippen molar-refractivity contribution in [2.75, 3.05) is 32.6 Å². The Morgan fingerprint density at radius 1 is 1.11 bits per heavy atom. The van der Waals surface area contributed by atoms with Gasteiger partial charge in [0.1, 0.15) is 0 Å². The molecule has 3 aromatic rings. The molecule has 2 aromatic carbocycles. The Bertz CT molecular complexity index is 954. The van der Waals surface area contributed by atoms with Crippen LogP contribution in [0.15, 0.2) is 36.4 Å². The lowest BCUT2D eigenvalue weighted by molar-refractivity contribution is 0.211. The number of hydrogen-bond acceptors (Lipinski definition) is 6. The van der Waals surface area contributed by atoms with Gasteiger partial charge in [-0.25, -0.2) is 4.98 Å². The summed E-state index contributed by atoms with van der Waals surface area (Å²) in [5.74, 6) is 1.55. The van der Waals surface area contributed by atoms with Crippen molar-refractivity contribution in [1.29, 1.82) is 0 Å². The van der Waals surface area contributed by atoms with Crippen molar-refractivity contribution in [1.82, 2.24) is 9.88 Å². The van der Waals surface area contributed by atoms with Crippen LogP contribution in [0.4, 0.5) is 5.13 Å². The second kappa shape index (κ2) is 8.55. The zero-order valence-corrected chi connectivity index (χ0v) is 17.6. The monoisotopic (exact) mass is 417 g/mol. The van der Waals surface area contributed by atoms with Crippen LogP contribution in [0.2, 0.25) is 5.02 Å². The molecule has 5 nitrogen and oxygen atoms in total. The van der Waals surface area contributed by atoms with Gasteiger partial charge in [0.05, 0.1) is 24.4 Å². The van der Waals surface area contributed by atoms with E-state index in [-0.39, 0.29) is 0 Å². The van der Waals surface area contributed by atoms with Crippen LogP contribution in [0, 0.1) is 0 Å². The molecule has 1 aliphatic heterocycles. The molecule has 1 saturated heterocycles. The van der Waals surface area contributed by atoms with Crippen LogP contribution in [-0.2, 0) is 6.54 Å². The van der Waals surface area contributed by atoms with E-state index in [9.17, 15) is 0 Å². The Morgan fingerprint density at radius 2 is 1.89 bits per heavy atom. The quantitative estimate of drug-likeness (QED) is 0.608. The standard InChI is InChI=1S/C21H24ClN3O2S/c1-26-18-6-3-14(11-19(18)27-2)13-25-9-7-16(8-10-25)23-21-24-17-5-4-15(22)12-20(17)28-21/h3-6,11-12,16H,7-10,13H2,1-2H3,(H,23,24). The molecule has 4 rings (SSSR count). The summed E-state index contributed by atoms with van der Waals surface area (Å²) < 4.78 is 11.9. The smallest absolute Gasteiger partial charge is 0.184 e. The number of ether oxygens (including phenoxy) is 2. The van der Waals surface area contributed by atoms with E-state index in [1.54, 1.807) is 25.6 Å². The summed E-state index contributed by atoms with van der Waals surface area (Å²) in [5, 5.41) is 5.35. The zero-order valence-electron chi connectivity index (χ0n) is 16.1. The highest BCUT2D eigenvalue weighted by Crippen LogP contribution is 2.31. The number of anilines is 1. The Hall–Kier alpha value is -2.02. The molecule has 0 bridgehead atoms. The van der Waals surface area contributed by atoms with Crippen molar-refractivity contribution in [2.45, 2.75) is 25.4 Å². The van der Waals surface area contributed by atoms with E-state index in [1.807, 2.05) is 24.3 Å². The number of piperidine rings is 1. The van der Waals surface area contributed by atoms with Crippen LogP contribution in [0.3, 0.4) is 0 Å². The molecule has 0 atom stereocenters. The first-order valence-electron chi connectivity index (χ1n) is 9.40. The summed E-state index contributed by atoms with van der Waals surface area (Å²) in [6.45, 7) is 3.04. The number of methoxy groups -OCH3 is 2. The fraction of sp³-hybridized carbons (Fsp3) is 0.381. The first-order valence-corrected chi connectivity index (χ1v) is 10.6. The summed E-state index contributed by atoms with van der Waals surface area (Å²) >= 11 is 7.75. The third-order valence-electron chi connectivity index (χ3n) is 5.12. The number of aromatic nitrogens is 1. The maximum absolute atomic E-state index is 6.08. The lowest BCUT2D eigenvalue weighted by Gasteiger charge is -2.32. The van der Waals surface area contributed by atoms with Crippen molar-refractivity contribution < 1.29 is 9.47 Å². The second-order valence-electron chi connectivity index (χ2n) is 7.02. The predicted octanol–water partition coefficient (Wildman–Crippen LogP) is 5.04. The molecular weight excluding hydrogens is 394 g/mol. The molecule has 0 amide bonds. The fourth-order valence-electron chi connectivity index (χ4n) is 3.61. The molecular formula is C21H24ClN3O2S. The lowest BCUT2D eigenvalue weighted by atomic mass is 10.0. The molecule has 0 aliphatic carbocycles. The first-order chi connectivity index (χ1) is 13.6. The van der Waals surface area contributed by atoms with Gasteiger partial charge in [-0.1, -0.05) is 29.0 Å². The van der Waals surface area contributed by atoms with Crippen LogP contribution >= 0.6 is 22.9 Å². The third kappa shape index (κ3) is 4.35. The number of rotatable bonds is 6. The highest BCUT2D eigenvalue weighted by molar-refractivity contribution is 7.22. The molecule has 0 spiro atoms. The molecule has 1 N–H and O–H groups in total. The Morgan fingerprint density at radius 3 is 2.64 bits per heavy atom. The van der Waals surface area contributed by atoms with Gasteiger partial charge in [0.15, 0.2) is 16.6 Å². The summed E-state index contributed by atoms with van der Waals surface area (Å²) in [6.07, 6.45) is 2.20. The van der Waals surface area contributed by atoms with Crippen LogP contribution in [0.1, 0.15) is 18.4 Å². The van der Waals surface area contributed by atoms with E-state index >= 15 is 0 Å². The largest absolute Gasteiger partial charge is 0.493 e. The Balaban J connectivity index is 1.33. The number of thiazole rings is 1. The Labute approximate surface area is 174 Å². The molecule has 1 aromatic heterocycles. The van der Waals surface area contributed by atoms with Crippen molar-refractivity contribution in [3.05, 3.63) is 47.0 Å². The van der Waals surface area contributed by atoms with Gasteiger partial charge in [0.25, 0.3) is 0 Å². The first kappa shape index (κ1) is 19.3. The molecule has 7 heteroatoms. The van der Waals surface area contributed by atoms with E-state index in [0.717, 1.165) is 64.3 Å².